The standard InChI is InChI=1S/C13H21FN4/c1-9(2)12(16)8-17-6-5-11(15)13-4-3-10(14)7-18-13/h3-7,9,11-12,17H,8,15-16H2,1-2H3/b6-5-. The molecule has 0 aliphatic rings. The van der Waals surface area contributed by atoms with Crippen molar-refractivity contribution < 1.29 is 4.39 Å². The average Bonchev–Trinajstić information content (AvgIpc) is 2.34. The molecule has 1 heterocycles. The van der Waals surface area contributed by atoms with Crippen LogP contribution < -0.4 is 16.8 Å². The van der Waals surface area contributed by atoms with Gasteiger partial charge in [-0.05, 0) is 30.3 Å². The van der Waals surface area contributed by atoms with E-state index in [9.17, 15) is 4.39 Å². The van der Waals surface area contributed by atoms with Crippen LogP contribution in [0.5, 0.6) is 0 Å². The van der Waals surface area contributed by atoms with Crippen LogP contribution in [0.3, 0.4) is 0 Å². The monoisotopic (exact) mass is 252 g/mol. The van der Waals surface area contributed by atoms with Crippen LogP contribution in [0.15, 0.2) is 30.6 Å². The fraction of sp³-hybridized carbons (Fsp3) is 0.462. The van der Waals surface area contributed by atoms with Gasteiger partial charge in [0.15, 0.2) is 0 Å². The largest absolute Gasteiger partial charge is 0.390 e. The number of nitrogens with two attached hydrogens (primary N) is 2. The number of halogens is 1. The van der Waals surface area contributed by atoms with E-state index < -0.39 is 0 Å². The van der Waals surface area contributed by atoms with Crippen LogP contribution in [0.4, 0.5) is 4.39 Å². The molecule has 0 aromatic carbocycles. The lowest BCUT2D eigenvalue weighted by Crippen LogP contribution is -2.36. The van der Waals surface area contributed by atoms with Gasteiger partial charge < -0.3 is 16.8 Å². The molecule has 1 aromatic rings. The van der Waals surface area contributed by atoms with Gasteiger partial charge in [-0.2, -0.15) is 0 Å². The van der Waals surface area contributed by atoms with Crippen molar-refractivity contribution >= 4 is 0 Å². The second-order valence-corrected chi connectivity index (χ2v) is 4.60. The highest BCUT2D eigenvalue weighted by Crippen LogP contribution is 2.08. The summed E-state index contributed by atoms with van der Waals surface area (Å²) in [5.41, 5.74) is 12.4. The quantitative estimate of drug-likeness (QED) is 0.713. The van der Waals surface area contributed by atoms with E-state index in [1.54, 1.807) is 18.3 Å². The van der Waals surface area contributed by atoms with Crippen LogP contribution in [0.1, 0.15) is 25.6 Å². The molecular formula is C13H21FN4. The molecule has 5 N–H and O–H groups in total. The van der Waals surface area contributed by atoms with Gasteiger partial charge in [-0.3, -0.25) is 4.98 Å². The minimum atomic E-state index is -0.365. The number of nitrogens with zero attached hydrogens (tertiary/aromatic N) is 1. The van der Waals surface area contributed by atoms with E-state index in [4.69, 9.17) is 11.5 Å². The zero-order chi connectivity index (χ0) is 13.5. The first-order chi connectivity index (χ1) is 8.50. The Morgan fingerprint density at radius 1 is 1.39 bits per heavy atom. The normalized spacial score (nSPS) is 15.0. The van der Waals surface area contributed by atoms with Gasteiger partial charge in [0, 0.05) is 12.6 Å². The van der Waals surface area contributed by atoms with E-state index in [0.29, 0.717) is 18.2 Å². The minimum absolute atomic E-state index is 0.106. The maximum absolute atomic E-state index is 12.7. The molecule has 1 rings (SSSR count). The van der Waals surface area contributed by atoms with Crippen LogP contribution in [0.2, 0.25) is 0 Å². The molecule has 0 amide bonds. The average molecular weight is 252 g/mol. The first-order valence-corrected chi connectivity index (χ1v) is 6.03. The van der Waals surface area contributed by atoms with Crippen molar-refractivity contribution in [1.82, 2.24) is 10.3 Å². The molecule has 0 bridgehead atoms. The third kappa shape index (κ3) is 4.81. The summed E-state index contributed by atoms with van der Waals surface area (Å²) in [5.74, 6) is 0.0642. The van der Waals surface area contributed by atoms with Crippen LogP contribution in [-0.4, -0.2) is 17.6 Å². The zero-order valence-electron chi connectivity index (χ0n) is 10.8. The topological polar surface area (TPSA) is 77.0 Å². The van der Waals surface area contributed by atoms with E-state index in [1.165, 1.54) is 6.07 Å². The summed E-state index contributed by atoms with van der Waals surface area (Å²) in [6.07, 6.45) is 4.69. The van der Waals surface area contributed by atoms with Gasteiger partial charge in [0.25, 0.3) is 0 Å². The van der Waals surface area contributed by atoms with E-state index in [1.807, 2.05) is 0 Å². The van der Waals surface area contributed by atoms with Crippen LogP contribution in [-0.2, 0) is 0 Å². The van der Waals surface area contributed by atoms with Gasteiger partial charge in [0.2, 0.25) is 0 Å². The molecule has 0 aliphatic carbocycles. The fourth-order valence-electron chi connectivity index (χ4n) is 1.29. The second-order valence-electron chi connectivity index (χ2n) is 4.60. The van der Waals surface area contributed by atoms with E-state index in [-0.39, 0.29) is 17.9 Å². The summed E-state index contributed by atoms with van der Waals surface area (Å²) in [7, 11) is 0. The minimum Gasteiger partial charge on any atom is -0.390 e. The zero-order valence-corrected chi connectivity index (χ0v) is 10.8. The SMILES string of the molecule is CC(C)C(N)CN/C=C\C(N)c1ccc(F)cn1. The van der Waals surface area contributed by atoms with Crippen molar-refractivity contribution in [2.45, 2.75) is 25.9 Å². The lowest BCUT2D eigenvalue weighted by Gasteiger charge is -2.15. The molecule has 1 aromatic heterocycles. The maximum atomic E-state index is 12.7. The van der Waals surface area contributed by atoms with Crippen molar-refractivity contribution in [2.75, 3.05) is 6.54 Å². The molecule has 0 fully saturated rings. The van der Waals surface area contributed by atoms with Gasteiger partial charge in [0.1, 0.15) is 5.82 Å². The summed E-state index contributed by atoms with van der Waals surface area (Å²) in [4.78, 5) is 3.92. The van der Waals surface area contributed by atoms with Gasteiger partial charge in [-0.1, -0.05) is 13.8 Å². The van der Waals surface area contributed by atoms with Crippen molar-refractivity contribution in [3.8, 4) is 0 Å². The number of pyridine rings is 1. The maximum Gasteiger partial charge on any atom is 0.141 e. The number of aromatic nitrogens is 1. The highest BCUT2D eigenvalue weighted by atomic mass is 19.1. The van der Waals surface area contributed by atoms with Crippen molar-refractivity contribution in [3.05, 3.63) is 42.1 Å². The van der Waals surface area contributed by atoms with Crippen molar-refractivity contribution in [3.63, 3.8) is 0 Å². The Kier molecular flexibility index (Phi) is 5.74. The molecule has 0 saturated carbocycles. The lowest BCUT2D eigenvalue weighted by molar-refractivity contribution is 0.480. The molecular weight excluding hydrogens is 231 g/mol. The summed E-state index contributed by atoms with van der Waals surface area (Å²) in [6.45, 7) is 4.84. The van der Waals surface area contributed by atoms with E-state index in [0.717, 1.165) is 6.20 Å². The summed E-state index contributed by atoms with van der Waals surface area (Å²) < 4.78 is 12.7. The highest BCUT2D eigenvalue weighted by Gasteiger charge is 2.06. The van der Waals surface area contributed by atoms with E-state index in [2.05, 4.69) is 24.1 Å². The fourth-order valence-corrected chi connectivity index (χ4v) is 1.29. The first-order valence-electron chi connectivity index (χ1n) is 6.03. The van der Waals surface area contributed by atoms with Gasteiger partial charge in [-0.15, -0.1) is 0 Å². The smallest absolute Gasteiger partial charge is 0.141 e. The molecule has 2 unspecified atom stereocenters. The first kappa shape index (κ1) is 14.6. The predicted molar refractivity (Wildman–Crippen MR) is 71.1 cm³/mol. The second kappa shape index (κ2) is 7.08. The molecule has 18 heavy (non-hydrogen) atoms. The predicted octanol–water partition coefficient (Wildman–Crippen LogP) is 1.31. The Balaban J connectivity index is 2.40. The molecule has 0 radical (unpaired) electrons. The Hall–Kier alpha value is -1.46. The number of hydrogen-bond donors (Lipinski definition) is 3. The molecule has 0 saturated heterocycles. The molecule has 0 aliphatic heterocycles. The molecule has 0 spiro atoms. The Labute approximate surface area is 107 Å². The summed E-state index contributed by atoms with van der Waals surface area (Å²) in [6, 6.07) is 2.67. The summed E-state index contributed by atoms with van der Waals surface area (Å²) in [5, 5.41) is 3.09. The Morgan fingerprint density at radius 2 is 2.11 bits per heavy atom. The van der Waals surface area contributed by atoms with Crippen molar-refractivity contribution in [2.24, 2.45) is 17.4 Å². The van der Waals surface area contributed by atoms with Gasteiger partial charge in [-0.25, -0.2) is 4.39 Å². The summed E-state index contributed by atoms with van der Waals surface area (Å²) >= 11 is 0. The van der Waals surface area contributed by atoms with Gasteiger partial charge >= 0.3 is 0 Å². The molecule has 5 heteroatoms. The van der Waals surface area contributed by atoms with Crippen LogP contribution in [0, 0.1) is 11.7 Å². The number of hydrogen-bond acceptors (Lipinski definition) is 4. The number of rotatable bonds is 6. The Bertz CT molecular complexity index is 375. The third-order valence-electron chi connectivity index (χ3n) is 2.72. The third-order valence-corrected chi connectivity index (χ3v) is 2.72. The van der Waals surface area contributed by atoms with Crippen molar-refractivity contribution in [1.29, 1.82) is 0 Å². The van der Waals surface area contributed by atoms with E-state index >= 15 is 0 Å². The van der Waals surface area contributed by atoms with Gasteiger partial charge in [0.05, 0.1) is 17.9 Å². The molecule has 4 nitrogen and oxygen atoms in total. The molecule has 100 valence electrons. The highest BCUT2D eigenvalue weighted by molar-refractivity contribution is 5.14. The van der Waals surface area contributed by atoms with Crippen LogP contribution in [0.25, 0.3) is 0 Å². The van der Waals surface area contributed by atoms with Crippen LogP contribution >= 0.6 is 0 Å². The lowest BCUT2D eigenvalue weighted by atomic mass is 10.1. The Morgan fingerprint density at radius 3 is 2.67 bits per heavy atom. The number of nitrogens with one attached hydrogen (secondary N) is 1. The molecule has 2 atom stereocenters.